The second-order valence-electron chi connectivity index (χ2n) is 6.46. The zero-order valence-corrected chi connectivity index (χ0v) is 11.8. The first kappa shape index (κ1) is 12.7. The summed E-state index contributed by atoms with van der Waals surface area (Å²) < 4.78 is 0. The predicted octanol–water partition coefficient (Wildman–Crippen LogP) is 2.95. The lowest BCUT2D eigenvalue weighted by Crippen LogP contribution is -2.50. The molecule has 1 N–H and O–H groups in total. The Bertz CT molecular complexity index is 285. The maximum absolute atomic E-state index is 3.67. The highest BCUT2D eigenvalue weighted by molar-refractivity contribution is 4.99. The number of fused-ring (bicyclic) bond motifs is 2. The second-order valence-corrected chi connectivity index (χ2v) is 6.46. The van der Waals surface area contributed by atoms with Gasteiger partial charge in [-0.15, -0.1) is 0 Å². The van der Waals surface area contributed by atoms with Gasteiger partial charge < -0.3 is 5.32 Å². The minimum Gasteiger partial charge on any atom is -0.314 e. The van der Waals surface area contributed by atoms with E-state index in [0.717, 1.165) is 30.6 Å². The minimum atomic E-state index is 0.801. The van der Waals surface area contributed by atoms with Crippen LogP contribution in [0.5, 0.6) is 0 Å². The van der Waals surface area contributed by atoms with Gasteiger partial charge in [0.25, 0.3) is 0 Å². The summed E-state index contributed by atoms with van der Waals surface area (Å²) in [5.74, 6) is 0.939. The highest BCUT2D eigenvalue weighted by Gasteiger charge is 2.40. The first-order chi connectivity index (χ1) is 8.86. The van der Waals surface area contributed by atoms with Crippen LogP contribution in [0.25, 0.3) is 0 Å². The van der Waals surface area contributed by atoms with E-state index in [-0.39, 0.29) is 0 Å². The second kappa shape index (κ2) is 5.75. The van der Waals surface area contributed by atoms with Crippen LogP contribution in [0.3, 0.4) is 0 Å². The van der Waals surface area contributed by atoms with Crippen molar-refractivity contribution < 1.29 is 0 Å². The molecule has 2 bridgehead atoms. The Hall–Kier alpha value is -0.340. The lowest BCUT2D eigenvalue weighted by Gasteiger charge is -2.41. The van der Waals surface area contributed by atoms with Gasteiger partial charge in [0.15, 0.2) is 0 Å². The van der Waals surface area contributed by atoms with Crippen molar-refractivity contribution in [3.63, 3.8) is 0 Å². The summed E-state index contributed by atoms with van der Waals surface area (Å²) >= 11 is 0. The van der Waals surface area contributed by atoms with Gasteiger partial charge in [0.2, 0.25) is 0 Å². The number of hydrogen-bond acceptors (Lipinski definition) is 2. The van der Waals surface area contributed by atoms with E-state index in [1.165, 1.54) is 51.5 Å². The molecule has 3 unspecified atom stereocenters. The maximum atomic E-state index is 3.67. The molecule has 102 valence electrons. The quantitative estimate of drug-likeness (QED) is 0.770. The molecule has 0 aromatic rings. The van der Waals surface area contributed by atoms with Crippen LogP contribution in [-0.2, 0) is 0 Å². The van der Waals surface area contributed by atoms with E-state index in [0.29, 0.717) is 0 Å². The van der Waals surface area contributed by atoms with Crippen molar-refractivity contribution in [1.82, 2.24) is 10.2 Å². The summed E-state index contributed by atoms with van der Waals surface area (Å²) in [5.41, 5.74) is 0. The molecule has 2 saturated heterocycles. The standard InChI is InChI=1S/C16H28N2/c1-2-17-14-10-15-8-9-16(11-14)18(15)12-13-6-4-3-5-7-13/h3-4,13-17H,2,5-12H2,1H3. The molecule has 1 aliphatic carbocycles. The smallest absolute Gasteiger partial charge is 0.0114 e. The fourth-order valence-electron chi connectivity index (χ4n) is 4.35. The van der Waals surface area contributed by atoms with Crippen molar-refractivity contribution in [3.05, 3.63) is 12.2 Å². The molecule has 2 fully saturated rings. The molecule has 2 heterocycles. The van der Waals surface area contributed by atoms with Gasteiger partial charge in [0.05, 0.1) is 0 Å². The fraction of sp³-hybridized carbons (Fsp3) is 0.875. The van der Waals surface area contributed by atoms with Crippen LogP contribution in [0.4, 0.5) is 0 Å². The van der Waals surface area contributed by atoms with Crippen molar-refractivity contribution in [2.45, 2.75) is 70.0 Å². The third-order valence-corrected chi connectivity index (χ3v) is 5.22. The Balaban J connectivity index is 1.56. The van der Waals surface area contributed by atoms with Crippen molar-refractivity contribution in [2.24, 2.45) is 5.92 Å². The molecule has 0 spiro atoms. The van der Waals surface area contributed by atoms with E-state index < -0.39 is 0 Å². The third-order valence-electron chi connectivity index (χ3n) is 5.22. The van der Waals surface area contributed by atoms with E-state index in [4.69, 9.17) is 0 Å². The normalized spacial score (nSPS) is 40.3. The largest absolute Gasteiger partial charge is 0.314 e. The van der Waals surface area contributed by atoms with Crippen molar-refractivity contribution >= 4 is 0 Å². The summed E-state index contributed by atoms with van der Waals surface area (Å²) in [6.45, 7) is 4.75. The van der Waals surface area contributed by atoms with Crippen molar-refractivity contribution in [2.75, 3.05) is 13.1 Å². The first-order valence-electron chi connectivity index (χ1n) is 8.01. The van der Waals surface area contributed by atoms with Crippen molar-refractivity contribution in [3.8, 4) is 0 Å². The van der Waals surface area contributed by atoms with Crippen LogP contribution in [0, 0.1) is 5.92 Å². The zero-order chi connectivity index (χ0) is 12.4. The molecule has 0 saturated carbocycles. The summed E-state index contributed by atoms with van der Waals surface area (Å²) in [4.78, 5) is 2.87. The zero-order valence-electron chi connectivity index (χ0n) is 11.8. The molecule has 0 radical (unpaired) electrons. The highest BCUT2D eigenvalue weighted by atomic mass is 15.2. The van der Waals surface area contributed by atoms with Gasteiger partial charge in [0, 0.05) is 24.7 Å². The van der Waals surface area contributed by atoms with Gasteiger partial charge in [-0.25, -0.2) is 0 Å². The number of hydrogen-bond donors (Lipinski definition) is 1. The highest BCUT2D eigenvalue weighted by Crippen LogP contribution is 2.37. The fourth-order valence-corrected chi connectivity index (χ4v) is 4.35. The molecule has 3 rings (SSSR count). The molecule has 3 aliphatic rings. The summed E-state index contributed by atoms with van der Waals surface area (Å²) in [5, 5.41) is 3.67. The Morgan fingerprint density at radius 3 is 2.50 bits per heavy atom. The molecule has 2 heteroatoms. The van der Waals surface area contributed by atoms with E-state index in [9.17, 15) is 0 Å². The summed E-state index contributed by atoms with van der Waals surface area (Å²) in [6.07, 6.45) is 14.5. The Labute approximate surface area is 112 Å². The van der Waals surface area contributed by atoms with Crippen LogP contribution < -0.4 is 5.32 Å². The third kappa shape index (κ3) is 2.65. The molecule has 0 aromatic carbocycles. The van der Waals surface area contributed by atoms with Crippen LogP contribution in [0.1, 0.15) is 51.9 Å². The summed E-state index contributed by atoms with van der Waals surface area (Å²) in [6, 6.07) is 2.58. The number of allylic oxidation sites excluding steroid dienone is 2. The van der Waals surface area contributed by atoms with Gasteiger partial charge in [-0.3, -0.25) is 4.90 Å². The van der Waals surface area contributed by atoms with Gasteiger partial charge in [-0.2, -0.15) is 0 Å². The molecule has 2 aliphatic heterocycles. The predicted molar refractivity (Wildman–Crippen MR) is 76.7 cm³/mol. The topological polar surface area (TPSA) is 15.3 Å². The molecule has 18 heavy (non-hydrogen) atoms. The Morgan fingerprint density at radius 1 is 1.11 bits per heavy atom. The van der Waals surface area contributed by atoms with E-state index in [1.54, 1.807) is 0 Å². The molecule has 0 amide bonds. The molecule has 0 aromatic heterocycles. The van der Waals surface area contributed by atoms with Crippen LogP contribution in [0.15, 0.2) is 12.2 Å². The van der Waals surface area contributed by atoms with Crippen molar-refractivity contribution in [1.29, 1.82) is 0 Å². The average molecular weight is 248 g/mol. The van der Waals surface area contributed by atoms with Gasteiger partial charge in [0.1, 0.15) is 0 Å². The number of nitrogens with one attached hydrogen (secondary N) is 1. The minimum absolute atomic E-state index is 0.801. The maximum Gasteiger partial charge on any atom is 0.0114 e. The molecular formula is C16H28N2. The van der Waals surface area contributed by atoms with E-state index in [1.807, 2.05) is 0 Å². The number of piperidine rings is 1. The lowest BCUT2D eigenvalue weighted by molar-refractivity contribution is 0.0958. The van der Waals surface area contributed by atoms with E-state index in [2.05, 4.69) is 29.3 Å². The van der Waals surface area contributed by atoms with Gasteiger partial charge in [-0.05, 0) is 57.4 Å². The SMILES string of the molecule is CCNC1CC2CCC(C1)N2CC1CC=CCC1. The molecule has 2 nitrogen and oxygen atoms in total. The monoisotopic (exact) mass is 248 g/mol. The number of rotatable bonds is 4. The first-order valence-corrected chi connectivity index (χ1v) is 8.01. The Kier molecular flexibility index (Phi) is 4.05. The summed E-state index contributed by atoms with van der Waals surface area (Å²) in [7, 11) is 0. The van der Waals surface area contributed by atoms with Crippen LogP contribution in [0.2, 0.25) is 0 Å². The van der Waals surface area contributed by atoms with E-state index >= 15 is 0 Å². The van der Waals surface area contributed by atoms with Gasteiger partial charge >= 0.3 is 0 Å². The lowest BCUT2D eigenvalue weighted by atomic mass is 9.90. The Morgan fingerprint density at radius 2 is 1.89 bits per heavy atom. The molecular weight excluding hydrogens is 220 g/mol. The van der Waals surface area contributed by atoms with Crippen LogP contribution >= 0.6 is 0 Å². The average Bonchev–Trinajstić information content (AvgIpc) is 2.63. The van der Waals surface area contributed by atoms with Gasteiger partial charge in [-0.1, -0.05) is 19.1 Å². The number of nitrogens with zero attached hydrogens (tertiary/aromatic N) is 1. The molecule has 3 atom stereocenters. The van der Waals surface area contributed by atoms with Crippen LogP contribution in [-0.4, -0.2) is 36.1 Å².